The summed E-state index contributed by atoms with van der Waals surface area (Å²) >= 11 is 0. The lowest BCUT2D eigenvalue weighted by atomic mass is 9.92. The first kappa shape index (κ1) is 11.9. The highest BCUT2D eigenvalue weighted by Gasteiger charge is 2.06. The predicted octanol–water partition coefficient (Wildman–Crippen LogP) is 3.88. The molecule has 0 bridgehead atoms. The molecule has 0 heterocycles. The molecule has 1 aromatic carbocycles. The van der Waals surface area contributed by atoms with E-state index in [1.165, 1.54) is 27.8 Å². The van der Waals surface area contributed by atoms with E-state index in [0.29, 0.717) is 0 Å². The molecule has 15 heavy (non-hydrogen) atoms. The third-order valence-electron chi connectivity index (χ3n) is 3.36. The average molecular weight is 200 g/mol. The van der Waals surface area contributed by atoms with E-state index in [0.717, 1.165) is 19.3 Å². The van der Waals surface area contributed by atoms with E-state index >= 15 is 0 Å². The minimum atomic E-state index is 0.880. The van der Waals surface area contributed by atoms with Gasteiger partial charge in [0.05, 0.1) is 0 Å². The number of hydrogen-bond acceptors (Lipinski definition) is 0. The number of aryl methyl sites for hydroxylation is 2. The third kappa shape index (κ3) is 2.63. The molecule has 0 saturated carbocycles. The van der Waals surface area contributed by atoms with Crippen molar-refractivity contribution < 1.29 is 0 Å². The van der Waals surface area contributed by atoms with Crippen LogP contribution >= 0.6 is 0 Å². The van der Waals surface area contributed by atoms with E-state index in [4.69, 9.17) is 6.42 Å². The summed E-state index contributed by atoms with van der Waals surface area (Å²) < 4.78 is 0. The number of hydrogen-bond donors (Lipinski definition) is 0. The van der Waals surface area contributed by atoms with Crippen molar-refractivity contribution in [3.8, 4) is 12.3 Å². The SMILES string of the molecule is C#CCCCc1cc(C)c(C)c(C)c1C. The van der Waals surface area contributed by atoms with Crippen molar-refractivity contribution >= 4 is 0 Å². The Hall–Kier alpha value is -1.22. The molecule has 0 atom stereocenters. The second kappa shape index (κ2) is 5.03. The number of rotatable bonds is 3. The van der Waals surface area contributed by atoms with E-state index in [1.54, 1.807) is 0 Å². The molecule has 1 aromatic rings. The first-order valence-corrected chi connectivity index (χ1v) is 5.57. The van der Waals surface area contributed by atoms with Gasteiger partial charge in [0, 0.05) is 6.42 Å². The first-order chi connectivity index (χ1) is 7.07. The van der Waals surface area contributed by atoms with E-state index < -0.39 is 0 Å². The standard InChI is InChI=1S/C15H20/c1-6-7-8-9-15-10-11(2)12(3)13(4)14(15)5/h1,10H,7-9H2,2-5H3. The quantitative estimate of drug-likeness (QED) is 0.513. The predicted molar refractivity (Wildman–Crippen MR) is 67.2 cm³/mol. The minimum absolute atomic E-state index is 0.880. The fourth-order valence-electron chi connectivity index (χ4n) is 1.94. The molecule has 0 fully saturated rings. The van der Waals surface area contributed by atoms with E-state index in [9.17, 15) is 0 Å². The van der Waals surface area contributed by atoms with Crippen LogP contribution in [0.3, 0.4) is 0 Å². The highest BCUT2D eigenvalue weighted by molar-refractivity contribution is 5.43. The van der Waals surface area contributed by atoms with Crippen molar-refractivity contribution in [1.29, 1.82) is 0 Å². The maximum atomic E-state index is 5.26. The normalized spacial score (nSPS) is 10.1. The lowest BCUT2D eigenvalue weighted by Crippen LogP contribution is -1.98. The van der Waals surface area contributed by atoms with Gasteiger partial charge in [0.25, 0.3) is 0 Å². The molecule has 0 saturated heterocycles. The summed E-state index contributed by atoms with van der Waals surface area (Å²) in [6.07, 6.45) is 8.35. The smallest absolute Gasteiger partial charge is 0.00892 e. The molecule has 0 spiro atoms. The van der Waals surface area contributed by atoms with Crippen LogP contribution in [0, 0.1) is 40.0 Å². The summed E-state index contributed by atoms with van der Waals surface area (Å²) in [6, 6.07) is 2.31. The van der Waals surface area contributed by atoms with Gasteiger partial charge in [-0.1, -0.05) is 6.07 Å². The van der Waals surface area contributed by atoms with Crippen LogP contribution in [-0.4, -0.2) is 0 Å². The molecule has 0 N–H and O–H groups in total. The third-order valence-corrected chi connectivity index (χ3v) is 3.36. The van der Waals surface area contributed by atoms with Crippen LogP contribution in [0.2, 0.25) is 0 Å². The maximum Gasteiger partial charge on any atom is 0.00892 e. The van der Waals surface area contributed by atoms with Crippen LogP contribution in [0.25, 0.3) is 0 Å². The van der Waals surface area contributed by atoms with Crippen LogP contribution in [0.1, 0.15) is 40.7 Å². The average Bonchev–Trinajstić information content (AvgIpc) is 2.23. The Morgan fingerprint density at radius 3 is 2.33 bits per heavy atom. The van der Waals surface area contributed by atoms with Gasteiger partial charge in [0.2, 0.25) is 0 Å². The Balaban J connectivity index is 2.95. The highest BCUT2D eigenvalue weighted by Crippen LogP contribution is 2.22. The van der Waals surface area contributed by atoms with Gasteiger partial charge in [-0.3, -0.25) is 0 Å². The van der Waals surface area contributed by atoms with Crippen LogP contribution < -0.4 is 0 Å². The number of terminal acetylenes is 1. The van der Waals surface area contributed by atoms with Crippen molar-refractivity contribution in [1.82, 2.24) is 0 Å². The first-order valence-electron chi connectivity index (χ1n) is 5.57. The Morgan fingerprint density at radius 2 is 1.73 bits per heavy atom. The van der Waals surface area contributed by atoms with Gasteiger partial charge >= 0.3 is 0 Å². The zero-order valence-corrected chi connectivity index (χ0v) is 10.3. The van der Waals surface area contributed by atoms with E-state index in [1.807, 2.05) is 0 Å². The summed E-state index contributed by atoms with van der Waals surface area (Å²) in [6.45, 7) is 8.81. The topological polar surface area (TPSA) is 0 Å². The number of benzene rings is 1. The minimum Gasteiger partial charge on any atom is -0.120 e. The summed E-state index contributed by atoms with van der Waals surface area (Å²) in [5.41, 5.74) is 7.16. The molecule has 0 aliphatic heterocycles. The second-order valence-corrected chi connectivity index (χ2v) is 4.29. The molecule has 1 rings (SSSR count). The van der Waals surface area contributed by atoms with Crippen molar-refractivity contribution in [2.75, 3.05) is 0 Å². The van der Waals surface area contributed by atoms with Crippen molar-refractivity contribution in [3.05, 3.63) is 33.9 Å². The molecule has 0 heteroatoms. The second-order valence-electron chi connectivity index (χ2n) is 4.29. The lowest BCUT2D eigenvalue weighted by Gasteiger charge is -2.13. The molecule has 0 aromatic heterocycles. The largest absolute Gasteiger partial charge is 0.120 e. The van der Waals surface area contributed by atoms with Crippen molar-refractivity contribution in [2.45, 2.75) is 47.0 Å². The van der Waals surface area contributed by atoms with Crippen molar-refractivity contribution in [3.63, 3.8) is 0 Å². The van der Waals surface area contributed by atoms with Crippen LogP contribution in [0.4, 0.5) is 0 Å². The molecule has 80 valence electrons. The Labute approximate surface area is 93.7 Å². The molecule has 0 nitrogen and oxygen atoms in total. The van der Waals surface area contributed by atoms with Crippen LogP contribution in [0.5, 0.6) is 0 Å². The summed E-state index contributed by atoms with van der Waals surface area (Å²) in [5.74, 6) is 2.70. The zero-order valence-electron chi connectivity index (χ0n) is 10.3. The van der Waals surface area contributed by atoms with Crippen molar-refractivity contribution in [2.24, 2.45) is 0 Å². The molecule has 0 unspecified atom stereocenters. The van der Waals surface area contributed by atoms with Crippen LogP contribution in [-0.2, 0) is 6.42 Å². The Morgan fingerprint density at radius 1 is 1.07 bits per heavy atom. The molecular weight excluding hydrogens is 180 g/mol. The Bertz CT molecular complexity index is 391. The summed E-state index contributed by atoms with van der Waals surface area (Å²) in [7, 11) is 0. The molecule has 0 aliphatic carbocycles. The van der Waals surface area contributed by atoms with Crippen LogP contribution in [0.15, 0.2) is 6.07 Å². The van der Waals surface area contributed by atoms with E-state index in [2.05, 4.69) is 39.7 Å². The molecule has 0 radical (unpaired) electrons. The van der Waals surface area contributed by atoms with Gasteiger partial charge in [-0.25, -0.2) is 0 Å². The van der Waals surface area contributed by atoms with Gasteiger partial charge < -0.3 is 0 Å². The fourth-order valence-corrected chi connectivity index (χ4v) is 1.94. The van der Waals surface area contributed by atoms with Gasteiger partial charge in [0.1, 0.15) is 0 Å². The summed E-state index contributed by atoms with van der Waals surface area (Å²) in [4.78, 5) is 0. The zero-order chi connectivity index (χ0) is 11.4. The maximum absolute atomic E-state index is 5.26. The van der Waals surface area contributed by atoms with Gasteiger partial charge in [-0.15, -0.1) is 12.3 Å². The summed E-state index contributed by atoms with van der Waals surface area (Å²) in [5, 5.41) is 0. The van der Waals surface area contributed by atoms with Gasteiger partial charge in [0.15, 0.2) is 0 Å². The monoisotopic (exact) mass is 200 g/mol. The Kier molecular flexibility index (Phi) is 3.97. The number of unbranched alkanes of at least 4 members (excludes halogenated alkanes) is 1. The molecule has 0 aliphatic rings. The highest BCUT2D eigenvalue weighted by atomic mass is 14.1. The lowest BCUT2D eigenvalue weighted by molar-refractivity contribution is 0.848. The fraction of sp³-hybridized carbons (Fsp3) is 0.467. The molecular formula is C15H20. The van der Waals surface area contributed by atoms with E-state index in [-0.39, 0.29) is 0 Å². The molecule has 0 amide bonds. The van der Waals surface area contributed by atoms with Gasteiger partial charge in [-0.2, -0.15) is 0 Å². The van der Waals surface area contributed by atoms with Gasteiger partial charge in [-0.05, 0) is 68.4 Å².